The summed E-state index contributed by atoms with van der Waals surface area (Å²) in [6, 6.07) is 0.000245. The molecule has 1 aliphatic carbocycles. The van der Waals surface area contributed by atoms with Gasteiger partial charge in [0.05, 0.1) is 18.6 Å². The first-order valence-corrected chi connectivity index (χ1v) is 7.99. The van der Waals surface area contributed by atoms with E-state index < -0.39 is 12.1 Å². The molecule has 2 atom stereocenters. The first-order chi connectivity index (χ1) is 9.90. The van der Waals surface area contributed by atoms with Crippen LogP contribution in [0.5, 0.6) is 0 Å². The summed E-state index contributed by atoms with van der Waals surface area (Å²) >= 11 is 0. The average Bonchev–Trinajstić information content (AvgIpc) is 2.45. The smallest absolute Gasteiger partial charge is 0.391 e. The Morgan fingerprint density at radius 1 is 1.05 bits per heavy atom. The van der Waals surface area contributed by atoms with Crippen LogP contribution in [0.15, 0.2) is 0 Å². The quantitative estimate of drug-likeness (QED) is 0.839. The lowest BCUT2D eigenvalue weighted by Crippen LogP contribution is -2.47. The zero-order valence-corrected chi connectivity index (χ0v) is 12.4. The van der Waals surface area contributed by atoms with Crippen LogP contribution in [0.3, 0.4) is 0 Å². The molecule has 2 aliphatic rings. The summed E-state index contributed by atoms with van der Waals surface area (Å²) in [5.41, 5.74) is 0. The fourth-order valence-corrected chi connectivity index (χ4v) is 3.69. The largest absolute Gasteiger partial charge is 0.395 e. The number of hydrogen-bond donors (Lipinski definition) is 2. The van der Waals surface area contributed by atoms with Crippen molar-refractivity contribution in [3.8, 4) is 0 Å². The van der Waals surface area contributed by atoms with Gasteiger partial charge in [0.25, 0.3) is 0 Å². The van der Waals surface area contributed by atoms with E-state index in [2.05, 4.69) is 4.90 Å². The van der Waals surface area contributed by atoms with Gasteiger partial charge in [-0.25, -0.2) is 0 Å². The molecule has 0 bridgehead atoms. The van der Waals surface area contributed by atoms with Crippen molar-refractivity contribution in [3.63, 3.8) is 0 Å². The Hall–Kier alpha value is -0.330. The second kappa shape index (κ2) is 7.29. The van der Waals surface area contributed by atoms with E-state index in [9.17, 15) is 23.4 Å². The van der Waals surface area contributed by atoms with Crippen LogP contribution in [0.25, 0.3) is 0 Å². The molecule has 0 spiro atoms. The van der Waals surface area contributed by atoms with Gasteiger partial charge in [-0.3, -0.25) is 4.90 Å². The molecule has 1 saturated heterocycles. The molecule has 2 N–H and O–H groups in total. The van der Waals surface area contributed by atoms with Crippen LogP contribution in [0.4, 0.5) is 13.2 Å². The molecule has 2 unspecified atom stereocenters. The van der Waals surface area contributed by atoms with Crippen LogP contribution < -0.4 is 0 Å². The topological polar surface area (TPSA) is 43.7 Å². The highest BCUT2D eigenvalue weighted by Crippen LogP contribution is 2.40. The molecule has 3 nitrogen and oxygen atoms in total. The first kappa shape index (κ1) is 17.0. The monoisotopic (exact) mass is 309 g/mol. The maximum Gasteiger partial charge on any atom is 0.391 e. The second-order valence-electron chi connectivity index (χ2n) is 6.60. The van der Waals surface area contributed by atoms with Gasteiger partial charge in [0.15, 0.2) is 0 Å². The zero-order valence-electron chi connectivity index (χ0n) is 12.4. The van der Waals surface area contributed by atoms with Gasteiger partial charge < -0.3 is 10.2 Å². The van der Waals surface area contributed by atoms with E-state index in [4.69, 9.17) is 0 Å². The normalized spacial score (nSPS) is 35.9. The van der Waals surface area contributed by atoms with Crippen molar-refractivity contribution in [3.05, 3.63) is 0 Å². The Morgan fingerprint density at radius 2 is 1.71 bits per heavy atom. The minimum atomic E-state index is -4.03. The molecular weight excluding hydrogens is 283 g/mol. The SMILES string of the molecule is OCC1CC(O)CCN1CCC1CCC(C(F)(F)F)CC1. The number of aliphatic hydroxyl groups is 2. The number of aliphatic hydroxyl groups excluding tert-OH is 2. The molecule has 2 rings (SSSR count). The summed E-state index contributed by atoms with van der Waals surface area (Å²) in [4.78, 5) is 2.18. The van der Waals surface area contributed by atoms with E-state index >= 15 is 0 Å². The van der Waals surface area contributed by atoms with Crippen molar-refractivity contribution in [2.75, 3.05) is 19.7 Å². The molecule has 124 valence electrons. The number of rotatable bonds is 4. The summed E-state index contributed by atoms with van der Waals surface area (Å²) in [5, 5.41) is 19.0. The number of hydrogen-bond acceptors (Lipinski definition) is 3. The van der Waals surface area contributed by atoms with E-state index in [1.54, 1.807) is 0 Å². The summed E-state index contributed by atoms with van der Waals surface area (Å²) in [7, 11) is 0. The van der Waals surface area contributed by atoms with E-state index in [0.717, 1.165) is 25.9 Å². The van der Waals surface area contributed by atoms with Gasteiger partial charge in [-0.1, -0.05) is 0 Å². The van der Waals surface area contributed by atoms with Crippen molar-refractivity contribution < 1.29 is 23.4 Å². The zero-order chi connectivity index (χ0) is 15.5. The predicted molar refractivity (Wildman–Crippen MR) is 73.8 cm³/mol. The highest BCUT2D eigenvalue weighted by molar-refractivity contribution is 4.83. The van der Waals surface area contributed by atoms with Crippen molar-refractivity contribution in [2.24, 2.45) is 11.8 Å². The molecule has 0 aromatic rings. The third kappa shape index (κ3) is 4.83. The molecule has 0 aromatic heterocycles. The van der Waals surface area contributed by atoms with Crippen LogP contribution in [0.1, 0.15) is 44.9 Å². The van der Waals surface area contributed by atoms with Gasteiger partial charge in [0, 0.05) is 12.6 Å². The van der Waals surface area contributed by atoms with Crippen molar-refractivity contribution in [1.82, 2.24) is 4.90 Å². The number of nitrogens with zero attached hydrogens (tertiary/aromatic N) is 1. The lowest BCUT2D eigenvalue weighted by atomic mass is 9.80. The molecule has 6 heteroatoms. The number of alkyl halides is 3. The van der Waals surface area contributed by atoms with Crippen molar-refractivity contribution in [1.29, 1.82) is 0 Å². The molecule has 0 radical (unpaired) electrons. The summed E-state index contributed by atoms with van der Waals surface area (Å²) in [5.74, 6) is -0.737. The Morgan fingerprint density at radius 3 is 2.29 bits per heavy atom. The molecule has 2 fully saturated rings. The Labute approximate surface area is 124 Å². The van der Waals surface area contributed by atoms with E-state index in [1.165, 1.54) is 0 Å². The molecule has 0 amide bonds. The average molecular weight is 309 g/mol. The lowest BCUT2D eigenvalue weighted by molar-refractivity contribution is -0.184. The molecule has 0 aromatic carbocycles. The third-order valence-corrected chi connectivity index (χ3v) is 5.16. The maximum atomic E-state index is 12.6. The molecular formula is C15H26F3NO2. The highest BCUT2D eigenvalue weighted by Gasteiger charge is 2.41. The van der Waals surface area contributed by atoms with Crippen molar-refractivity contribution >= 4 is 0 Å². The maximum absolute atomic E-state index is 12.6. The molecule has 1 heterocycles. The summed E-state index contributed by atoms with van der Waals surface area (Å²) in [6.45, 7) is 1.63. The fraction of sp³-hybridized carbons (Fsp3) is 1.00. The third-order valence-electron chi connectivity index (χ3n) is 5.16. The van der Waals surface area contributed by atoms with Crippen LogP contribution in [0.2, 0.25) is 0 Å². The van der Waals surface area contributed by atoms with Crippen LogP contribution in [-0.2, 0) is 0 Å². The first-order valence-electron chi connectivity index (χ1n) is 7.99. The van der Waals surface area contributed by atoms with Crippen LogP contribution in [0, 0.1) is 11.8 Å². The van der Waals surface area contributed by atoms with Gasteiger partial charge in [0.1, 0.15) is 0 Å². The number of likely N-dealkylation sites (tertiary alicyclic amines) is 1. The highest BCUT2D eigenvalue weighted by atomic mass is 19.4. The van der Waals surface area contributed by atoms with Crippen LogP contribution in [-0.4, -0.2) is 53.1 Å². The molecule has 1 saturated carbocycles. The van der Waals surface area contributed by atoms with E-state index in [1.807, 2.05) is 0 Å². The van der Waals surface area contributed by atoms with Gasteiger partial charge in [0.2, 0.25) is 0 Å². The lowest BCUT2D eigenvalue weighted by Gasteiger charge is -2.38. The summed E-state index contributed by atoms with van der Waals surface area (Å²) in [6.07, 6.45) is -0.316. The van der Waals surface area contributed by atoms with Gasteiger partial charge in [-0.2, -0.15) is 13.2 Å². The summed E-state index contributed by atoms with van der Waals surface area (Å²) < 4.78 is 37.9. The molecule has 21 heavy (non-hydrogen) atoms. The second-order valence-corrected chi connectivity index (χ2v) is 6.60. The minimum absolute atomic E-state index is 0.000245. The van der Waals surface area contributed by atoms with Gasteiger partial charge >= 0.3 is 6.18 Å². The number of piperidine rings is 1. The predicted octanol–water partition coefficient (Wildman–Crippen LogP) is 2.56. The van der Waals surface area contributed by atoms with Gasteiger partial charge in [-0.05, 0) is 57.4 Å². The molecule has 1 aliphatic heterocycles. The number of halogens is 3. The fourth-order valence-electron chi connectivity index (χ4n) is 3.69. The minimum Gasteiger partial charge on any atom is -0.395 e. The van der Waals surface area contributed by atoms with Gasteiger partial charge in [-0.15, -0.1) is 0 Å². The van der Waals surface area contributed by atoms with Crippen molar-refractivity contribution in [2.45, 2.75) is 63.3 Å². The van der Waals surface area contributed by atoms with Crippen LogP contribution >= 0.6 is 0 Å². The Bertz CT molecular complexity index is 317. The Balaban J connectivity index is 1.72. The Kier molecular flexibility index (Phi) is 5.91. The van der Waals surface area contributed by atoms with E-state index in [0.29, 0.717) is 25.2 Å². The standard InChI is InChI=1S/C15H26F3NO2/c16-15(17,18)12-3-1-11(2-4-12)5-7-19-8-6-14(21)9-13(19)10-20/h11-14,20-21H,1-10H2. The van der Waals surface area contributed by atoms with E-state index in [-0.39, 0.29) is 31.6 Å².